The smallest absolute Gasteiger partial charge is 0.239 e. The maximum absolute atomic E-state index is 11.7. The van der Waals surface area contributed by atoms with Crippen LogP contribution in [0.15, 0.2) is 30.3 Å². The fraction of sp³-hybridized carbons (Fsp3) is 0.421. The first-order valence-electron chi connectivity index (χ1n) is 9.08. The monoisotopic (exact) mass is 389 g/mol. The third kappa shape index (κ3) is 5.47. The number of H-pyrrole nitrogens is 1. The van der Waals surface area contributed by atoms with E-state index in [0.717, 1.165) is 43.0 Å². The number of aromatic nitrogens is 2. The van der Waals surface area contributed by atoms with Gasteiger partial charge in [-0.2, -0.15) is 5.10 Å². The minimum Gasteiger partial charge on any atom is -0.355 e. The molecule has 1 saturated heterocycles. The Bertz CT molecular complexity index is 782. The molecule has 3 rings (SSSR count). The van der Waals surface area contributed by atoms with E-state index >= 15 is 0 Å². The Kier molecular flexibility index (Phi) is 6.34. The lowest BCUT2D eigenvalue weighted by atomic mass is 9.97. The minimum atomic E-state index is -0.199. The molecule has 1 aliphatic rings. The second kappa shape index (κ2) is 8.90. The van der Waals surface area contributed by atoms with Crippen LogP contribution in [-0.4, -0.2) is 48.2 Å². The van der Waals surface area contributed by atoms with Crippen LogP contribution in [0.4, 0.5) is 5.82 Å². The van der Waals surface area contributed by atoms with Crippen molar-refractivity contribution in [2.24, 2.45) is 5.92 Å². The summed E-state index contributed by atoms with van der Waals surface area (Å²) in [6, 6.07) is 9.72. The van der Waals surface area contributed by atoms with E-state index in [-0.39, 0.29) is 18.4 Å². The largest absolute Gasteiger partial charge is 0.355 e. The fourth-order valence-electron chi connectivity index (χ4n) is 3.14. The van der Waals surface area contributed by atoms with Crippen molar-refractivity contribution >= 4 is 29.2 Å². The molecule has 7 nitrogen and oxygen atoms in total. The molecule has 3 N–H and O–H groups in total. The first kappa shape index (κ1) is 19.2. The number of halogens is 1. The molecular weight excluding hydrogens is 366 g/mol. The van der Waals surface area contributed by atoms with Gasteiger partial charge in [-0.1, -0.05) is 23.7 Å². The first-order chi connectivity index (χ1) is 13.0. The molecule has 27 heavy (non-hydrogen) atoms. The highest BCUT2D eigenvalue weighted by Gasteiger charge is 2.21. The van der Waals surface area contributed by atoms with E-state index in [1.54, 1.807) is 0 Å². The van der Waals surface area contributed by atoms with Crippen molar-refractivity contribution in [1.82, 2.24) is 20.8 Å². The summed E-state index contributed by atoms with van der Waals surface area (Å²) in [6.45, 7) is 3.88. The zero-order valence-electron chi connectivity index (χ0n) is 15.3. The van der Waals surface area contributed by atoms with Crippen LogP contribution in [0.1, 0.15) is 19.8 Å². The Balaban J connectivity index is 1.46. The van der Waals surface area contributed by atoms with Crippen LogP contribution in [-0.2, 0) is 9.59 Å². The van der Waals surface area contributed by atoms with Gasteiger partial charge in [0.05, 0.1) is 12.2 Å². The van der Waals surface area contributed by atoms with Gasteiger partial charge in [-0.05, 0) is 36.5 Å². The Morgan fingerprint density at radius 2 is 1.93 bits per heavy atom. The lowest BCUT2D eigenvalue weighted by Gasteiger charge is -2.32. The van der Waals surface area contributed by atoms with Gasteiger partial charge in [-0.25, -0.2) is 0 Å². The van der Waals surface area contributed by atoms with E-state index in [9.17, 15) is 9.59 Å². The summed E-state index contributed by atoms with van der Waals surface area (Å²) in [6.07, 6.45) is 1.98. The van der Waals surface area contributed by atoms with E-state index in [1.165, 1.54) is 6.92 Å². The highest BCUT2D eigenvalue weighted by Crippen LogP contribution is 2.26. The Morgan fingerprint density at radius 3 is 2.59 bits per heavy atom. The predicted molar refractivity (Wildman–Crippen MR) is 106 cm³/mol. The standard InChI is InChI=1S/C19H24ClN5O2/c1-13(26)21-12-19(27)22-11-14-6-8-25(9-7-14)18-10-17(23-24-18)15-2-4-16(20)5-3-15/h2-5,10,14H,6-9,11-12H2,1H3,(H,21,26)(H,22,27)(H,23,24). The number of nitrogens with zero attached hydrogens (tertiary/aromatic N) is 2. The van der Waals surface area contributed by atoms with Crippen molar-refractivity contribution in [3.8, 4) is 11.3 Å². The number of aromatic amines is 1. The van der Waals surface area contributed by atoms with Gasteiger partial charge in [0.1, 0.15) is 0 Å². The molecule has 0 atom stereocenters. The predicted octanol–water partition coefficient (Wildman–Crippen LogP) is 2.20. The normalized spacial score (nSPS) is 14.8. The van der Waals surface area contributed by atoms with Gasteiger partial charge in [0.2, 0.25) is 11.8 Å². The molecule has 1 aromatic heterocycles. The molecular formula is C19H24ClN5O2. The average molecular weight is 390 g/mol. The number of hydrogen-bond acceptors (Lipinski definition) is 4. The second-order valence-corrected chi connectivity index (χ2v) is 7.23. The molecule has 1 aliphatic heterocycles. The number of nitrogens with one attached hydrogen (secondary N) is 3. The van der Waals surface area contributed by atoms with Gasteiger partial charge in [0, 0.05) is 37.6 Å². The highest BCUT2D eigenvalue weighted by molar-refractivity contribution is 6.30. The van der Waals surface area contributed by atoms with E-state index < -0.39 is 0 Å². The Hall–Kier alpha value is -2.54. The molecule has 2 aromatic rings. The van der Waals surface area contributed by atoms with Crippen LogP contribution >= 0.6 is 11.6 Å². The molecule has 144 valence electrons. The lowest BCUT2D eigenvalue weighted by Crippen LogP contribution is -2.41. The molecule has 0 radical (unpaired) electrons. The van der Waals surface area contributed by atoms with Crippen molar-refractivity contribution in [3.05, 3.63) is 35.4 Å². The first-order valence-corrected chi connectivity index (χ1v) is 9.46. The zero-order chi connectivity index (χ0) is 19.2. The molecule has 0 saturated carbocycles. The molecule has 1 fully saturated rings. The third-order valence-electron chi connectivity index (χ3n) is 4.74. The molecule has 0 aliphatic carbocycles. The van der Waals surface area contributed by atoms with E-state index in [2.05, 4.69) is 31.8 Å². The maximum Gasteiger partial charge on any atom is 0.239 e. The lowest BCUT2D eigenvalue weighted by molar-refractivity contribution is -0.125. The third-order valence-corrected chi connectivity index (χ3v) is 5.00. The van der Waals surface area contributed by atoms with Gasteiger partial charge in [0.25, 0.3) is 0 Å². The minimum absolute atomic E-state index is 0.0366. The van der Waals surface area contributed by atoms with Crippen LogP contribution in [0.5, 0.6) is 0 Å². The summed E-state index contributed by atoms with van der Waals surface area (Å²) < 4.78 is 0. The Morgan fingerprint density at radius 1 is 1.22 bits per heavy atom. The summed E-state index contributed by atoms with van der Waals surface area (Å²) in [5.74, 6) is 1.04. The van der Waals surface area contributed by atoms with E-state index in [1.807, 2.05) is 24.3 Å². The molecule has 1 aromatic carbocycles. The van der Waals surface area contributed by atoms with E-state index in [0.29, 0.717) is 17.5 Å². The van der Waals surface area contributed by atoms with Gasteiger partial charge >= 0.3 is 0 Å². The molecule has 2 heterocycles. The summed E-state index contributed by atoms with van der Waals surface area (Å²) in [5, 5.41) is 13.6. The summed E-state index contributed by atoms with van der Waals surface area (Å²) >= 11 is 5.94. The molecule has 0 spiro atoms. The maximum atomic E-state index is 11.7. The zero-order valence-corrected chi connectivity index (χ0v) is 16.1. The van der Waals surface area contributed by atoms with Crippen molar-refractivity contribution in [3.63, 3.8) is 0 Å². The van der Waals surface area contributed by atoms with Gasteiger partial charge < -0.3 is 15.5 Å². The van der Waals surface area contributed by atoms with Crippen molar-refractivity contribution in [2.45, 2.75) is 19.8 Å². The van der Waals surface area contributed by atoms with Gasteiger partial charge in [-0.15, -0.1) is 0 Å². The SMILES string of the molecule is CC(=O)NCC(=O)NCC1CCN(c2cc(-c3ccc(Cl)cc3)[nH]n2)CC1. The van der Waals surface area contributed by atoms with Crippen LogP contribution in [0, 0.1) is 5.92 Å². The van der Waals surface area contributed by atoms with Crippen LogP contribution < -0.4 is 15.5 Å². The number of amides is 2. The molecule has 0 bridgehead atoms. The number of rotatable bonds is 6. The van der Waals surface area contributed by atoms with Gasteiger partial charge in [-0.3, -0.25) is 14.7 Å². The summed E-state index contributed by atoms with van der Waals surface area (Å²) in [4.78, 5) is 24.8. The van der Waals surface area contributed by atoms with Crippen LogP contribution in [0.3, 0.4) is 0 Å². The summed E-state index contributed by atoms with van der Waals surface area (Å²) in [7, 11) is 0. The number of piperidine rings is 1. The Labute approximate surface area is 163 Å². The van der Waals surface area contributed by atoms with Crippen molar-refractivity contribution in [2.75, 3.05) is 31.1 Å². The second-order valence-electron chi connectivity index (χ2n) is 6.79. The van der Waals surface area contributed by atoms with Crippen molar-refractivity contribution < 1.29 is 9.59 Å². The van der Waals surface area contributed by atoms with Gasteiger partial charge in [0.15, 0.2) is 5.82 Å². The molecule has 2 amide bonds. The van der Waals surface area contributed by atoms with Crippen LogP contribution in [0.2, 0.25) is 5.02 Å². The van der Waals surface area contributed by atoms with Crippen molar-refractivity contribution in [1.29, 1.82) is 0 Å². The fourth-order valence-corrected chi connectivity index (χ4v) is 3.27. The van der Waals surface area contributed by atoms with E-state index in [4.69, 9.17) is 11.6 Å². The number of hydrogen-bond donors (Lipinski definition) is 3. The molecule has 8 heteroatoms. The average Bonchev–Trinajstić information content (AvgIpc) is 3.16. The topological polar surface area (TPSA) is 90.1 Å². The number of carbonyl (C=O) groups excluding carboxylic acids is 2. The number of anilines is 1. The van der Waals surface area contributed by atoms with Crippen LogP contribution in [0.25, 0.3) is 11.3 Å². The number of benzene rings is 1. The molecule has 0 unspecified atom stereocenters. The highest BCUT2D eigenvalue weighted by atomic mass is 35.5. The number of carbonyl (C=O) groups is 2. The summed E-state index contributed by atoms with van der Waals surface area (Å²) in [5.41, 5.74) is 2.02. The quantitative estimate of drug-likeness (QED) is 0.706.